The number of rotatable bonds is 5. The van der Waals surface area contributed by atoms with Gasteiger partial charge in [0.2, 0.25) is 0 Å². The van der Waals surface area contributed by atoms with Crippen molar-refractivity contribution in [2.75, 3.05) is 30.4 Å². The number of methoxy groups -OCH3 is 1. The lowest BCUT2D eigenvalue weighted by molar-refractivity contribution is 0.102. The third-order valence-corrected chi connectivity index (χ3v) is 6.14. The zero-order valence-corrected chi connectivity index (χ0v) is 16.5. The van der Waals surface area contributed by atoms with Crippen molar-refractivity contribution in [2.24, 2.45) is 0 Å². The van der Waals surface area contributed by atoms with Crippen LogP contribution >= 0.6 is 11.3 Å². The molecule has 1 fully saturated rings. The second-order valence-electron chi connectivity index (χ2n) is 6.86. The molecule has 0 saturated carbocycles. The molecule has 28 heavy (non-hydrogen) atoms. The molecule has 1 aromatic carbocycles. The maximum Gasteiger partial charge on any atom is 0.266 e. The minimum Gasteiger partial charge on any atom is -0.380 e. The van der Waals surface area contributed by atoms with Gasteiger partial charge in [-0.25, -0.2) is 9.37 Å². The Kier molecular flexibility index (Phi) is 5.54. The van der Waals surface area contributed by atoms with Gasteiger partial charge in [-0.05, 0) is 43.5 Å². The van der Waals surface area contributed by atoms with E-state index in [1.165, 1.54) is 43.8 Å². The van der Waals surface area contributed by atoms with Crippen LogP contribution in [0.2, 0.25) is 0 Å². The largest absolute Gasteiger partial charge is 0.380 e. The Morgan fingerprint density at radius 1 is 1.25 bits per heavy atom. The summed E-state index contributed by atoms with van der Waals surface area (Å²) in [6.45, 7) is 2.22. The molecule has 1 saturated heterocycles. The normalized spacial score (nSPS) is 14.4. The summed E-state index contributed by atoms with van der Waals surface area (Å²) in [7, 11) is 1.54. The van der Waals surface area contributed by atoms with Crippen molar-refractivity contribution in [3.63, 3.8) is 0 Å². The number of nitrogens with one attached hydrogen (secondary N) is 1. The van der Waals surface area contributed by atoms with Gasteiger partial charge in [-0.15, -0.1) is 11.3 Å². The third-order valence-electron chi connectivity index (χ3n) is 4.94. The molecule has 3 heterocycles. The number of hydrogen-bond donors (Lipinski definition) is 1. The second-order valence-corrected chi connectivity index (χ2v) is 7.91. The molecule has 1 aliphatic heterocycles. The van der Waals surface area contributed by atoms with Crippen molar-refractivity contribution < 1.29 is 13.9 Å². The lowest BCUT2D eigenvalue weighted by atomic mass is 10.1. The van der Waals surface area contributed by atoms with E-state index in [1.807, 2.05) is 18.2 Å². The number of pyridine rings is 1. The van der Waals surface area contributed by atoms with Crippen molar-refractivity contribution in [3.8, 4) is 0 Å². The van der Waals surface area contributed by atoms with Crippen LogP contribution in [0.25, 0.3) is 10.1 Å². The van der Waals surface area contributed by atoms with Crippen molar-refractivity contribution in [3.05, 3.63) is 52.8 Å². The SMILES string of the molecule is COCc1c(C(=O)Nc2ccc(N3CCCCC3)nc2)sc2cccc(F)c12. The highest BCUT2D eigenvalue weighted by Crippen LogP contribution is 2.34. The summed E-state index contributed by atoms with van der Waals surface area (Å²) in [5, 5.41) is 3.34. The summed E-state index contributed by atoms with van der Waals surface area (Å²) in [6.07, 6.45) is 5.31. The Bertz CT molecular complexity index is 981. The number of nitrogens with zero attached hydrogens (tertiary/aromatic N) is 2. The minimum absolute atomic E-state index is 0.176. The number of halogens is 1. The van der Waals surface area contributed by atoms with E-state index in [0.29, 0.717) is 21.5 Å². The molecule has 0 unspecified atom stereocenters. The molecule has 146 valence electrons. The smallest absolute Gasteiger partial charge is 0.266 e. The molecule has 0 bridgehead atoms. The zero-order chi connectivity index (χ0) is 19.5. The molecular formula is C21H22FN3O2S. The number of piperidine rings is 1. The van der Waals surface area contributed by atoms with E-state index in [4.69, 9.17) is 4.74 Å². The first kappa shape index (κ1) is 18.8. The van der Waals surface area contributed by atoms with Crippen molar-refractivity contribution in [1.29, 1.82) is 0 Å². The van der Waals surface area contributed by atoms with E-state index >= 15 is 0 Å². The van der Waals surface area contributed by atoms with Crippen LogP contribution in [0.15, 0.2) is 36.5 Å². The Morgan fingerprint density at radius 2 is 2.07 bits per heavy atom. The molecule has 5 nitrogen and oxygen atoms in total. The summed E-state index contributed by atoms with van der Waals surface area (Å²) in [4.78, 5) is 20.1. The number of fused-ring (bicyclic) bond motifs is 1. The maximum absolute atomic E-state index is 14.3. The average molecular weight is 399 g/mol. The minimum atomic E-state index is -0.340. The van der Waals surface area contributed by atoms with Gasteiger partial charge in [0.15, 0.2) is 0 Å². The maximum atomic E-state index is 14.3. The van der Waals surface area contributed by atoms with Crippen LogP contribution in [0.4, 0.5) is 15.9 Å². The standard InChI is InChI=1S/C21H22FN3O2S/c1-27-13-15-19-16(22)6-5-7-17(19)28-20(15)21(26)24-14-8-9-18(23-12-14)25-10-3-2-4-11-25/h5-9,12H,2-4,10-11,13H2,1H3,(H,24,26). The van der Waals surface area contributed by atoms with E-state index in [2.05, 4.69) is 15.2 Å². The van der Waals surface area contributed by atoms with Crippen LogP contribution in [-0.4, -0.2) is 31.1 Å². The van der Waals surface area contributed by atoms with Gasteiger partial charge < -0.3 is 15.0 Å². The molecule has 1 amide bonds. The molecular weight excluding hydrogens is 377 g/mol. The molecule has 3 aromatic rings. The Balaban J connectivity index is 1.56. The van der Waals surface area contributed by atoms with Gasteiger partial charge >= 0.3 is 0 Å². The molecule has 0 aliphatic carbocycles. The fourth-order valence-corrected chi connectivity index (χ4v) is 4.71. The fraction of sp³-hybridized carbons (Fsp3) is 0.333. The topological polar surface area (TPSA) is 54.5 Å². The third kappa shape index (κ3) is 3.72. The summed E-state index contributed by atoms with van der Waals surface area (Å²) in [6, 6.07) is 8.66. The summed E-state index contributed by atoms with van der Waals surface area (Å²) >= 11 is 1.27. The highest BCUT2D eigenvalue weighted by atomic mass is 32.1. The Morgan fingerprint density at radius 3 is 2.79 bits per heavy atom. The number of aromatic nitrogens is 1. The number of carbonyl (C=O) groups is 1. The van der Waals surface area contributed by atoms with Gasteiger partial charge in [0.25, 0.3) is 5.91 Å². The molecule has 7 heteroatoms. The molecule has 2 aromatic heterocycles. The van der Waals surface area contributed by atoms with Crippen LogP contribution in [-0.2, 0) is 11.3 Å². The van der Waals surface area contributed by atoms with E-state index in [0.717, 1.165) is 23.6 Å². The average Bonchev–Trinajstić information content (AvgIpc) is 3.09. The van der Waals surface area contributed by atoms with Gasteiger partial charge in [-0.1, -0.05) is 6.07 Å². The van der Waals surface area contributed by atoms with Crippen molar-refractivity contribution in [1.82, 2.24) is 4.98 Å². The second kappa shape index (κ2) is 8.24. The molecule has 0 spiro atoms. The van der Waals surface area contributed by atoms with Gasteiger partial charge in [-0.3, -0.25) is 4.79 Å². The van der Waals surface area contributed by atoms with E-state index in [-0.39, 0.29) is 18.3 Å². The van der Waals surface area contributed by atoms with Crippen LogP contribution in [0, 0.1) is 5.82 Å². The van der Waals surface area contributed by atoms with Gasteiger partial charge in [0.05, 0.1) is 23.4 Å². The first-order chi connectivity index (χ1) is 13.7. The van der Waals surface area contributed by atoms with Crippen LogP contribution in [0.3, 0.4) is 0 Å². The highest BCUT2D eigenvalue weighted by molar-refractivity contribution is 7.21. The van der Waals surface area contributed by atoms with Crippen molar-refractivity contribution >= 4 is 38.8 Å². The number of carbonyl (C=O) groups excluding carboxylic acids is 1. The van der Waals surface area contributed by atoms with Gasteiger partial charge in [0, 0.05) is 35.8 Å². The number of thiophene rings is 1. The molecule has 0 radical (unpaired) electrons. The first-order valence-electron chi connectivity index (χ1n) is 9.38. The lowest BCUT2D eigenvalue weighted by Gasteiger charge is -2.27. The number of hydrogen-bond acceptors (Lipinski definition) is 5. The Hall–Kier alpha value is -2.51. The van der Waals surface area contributed by atoms with Crippen LogP contribution in [0.1, 0.15) is 34.5 Å². The lowest BCUT2D eigenvalue weighted by Crippen LogP contribution is -2.30. The fourth-order valence-electron chi connectivity index (χ4n) is 3.59. The number of amides is 1. The van der Waals surface area contributed by atoms with Crippen LogP contribution in [0.5, 0.6) is 0 Å². The predicted octanol–water partition coefficient (Wildman–Crippen LogP) is 4.82. The van der Waals surface area contributed by atoms with E-state index in [9.17, 15) is 9.18 Å². The zero-order valence-electron chi connectivity index (χ0n) is 15.7. The Labute approximate surface area is 167 Å². The molecule has 4 rings (SSSR count). The highest BCUT2D eigenvalue weighted by Gasteiger charge is 2.21. The van der Waals surface area contributed by atoms with Crippen molar-refractivity contribution in [2.45, 2.75) is 25.9 Å². The van der Waals surface area contributed by atoms with E-state index < -0.39 is 0 Å². The van der Waals surface area contributed by atoms with Gasteiger partial charge in [-0.2, -0.15) is 0 Å². The number of anilines is 2. The number of benzene rings is 1. The first-order valence-corrected chi connectivity index (χ1v) is 10.2. The molecule has 1 aliphatic rings. The monoisotopic (exact) mass is 399 g/mol. The van der Waals surface area contributed by atoms with Crippen LogP contribution < -0.4 is 10.2 Å². The number of ether oxygens (including phenoxy) is 1. The summed E-state index contributed by atoms with van der Waals surface area (Å²) in [5.74, 6) is 0.314. The van der Waals surface area contributed by atoms with E-state index in [1.54, 1.807) is 12.3 Å². The quantitative estimate of drug-likeness (QED) is 0.668. The predicted molar refractivity (Wildman–Crippen MR) is 111 cm³/mol. The molecule has 0 atom stereocenters. The summed E-state index contributed by atoms with van der Waals surface area (Å²) < 4.78 is 20.2. The van der Waals surface area contributed by atoms with Gasteiger partial charge in [0.1, 0.15) is 11.6 Å². The molecule has 1 N–H and O–H groups in total. The summed E-state index contributed by atoms with van der Waals surface area (Å²) in [5.41, 5.74) is 1.20.